The fourth-order valence-corrected chi connectivity index (χ4v) is 2.45. The number of esters is 1. The van der Waals surface area contributed by atoms with E-state index in [0.717, 1.165) is 16.7 Å². The van der Waals surface area contributed by atoms with Gasteiger partial charge in [-0.05, 0) is 58.9 Å². The first-order valence-corrected chi connectivity index (χ1v) is 10.5. The molecule has 0 aliphatic carbocycles. The van der Waals surface area contributed by atoms with E-state index >= 15 is 0 Å². The monoisotopic (exact) mass is 423 g/mol. The van der Waals surface area contributed by atoms with Gasteiger partial charge >= 0.3 is 5.97 Å². The Bertz CT molecular complexity index is 980. The molecule has 3 aromatic rings. The van der Waals surface area contributed by atoms with Crippen molar-refractivity contribution in [2.75, 3.05) is 5.32 Å². The van der Waals surface area contributed by atoms with Crippen LogP contribution in [0.5, 0.6) is 5.88 Å². The Morgan fingerprint density at radius 1 is 0.871 bits per heavy atom. The zero-order valence-corrected chi connectivity index (χ0v) is 19.5. The van der Waals surface area contributed by atoms with Gasteiger partial charge in [0, 0.05) is 5.69 Å². The van der Waals surface area contributed by atoms with E-state index in [1.165, 1.54) is 0 Å². The Hall–Kier alpha value is -3.15. The van der Waals surface area contributed by atoms with Crippen LogP contribution in [0, 0.1) is 5.92 Å². The molecular formula is C25H33N3O3. The van der Waals surface area contributed by atoms with E-state index in [2.05, 4.69) is 15.3 Å². The number of carbonyl (C=O) groups excluding carboxylic acids is 1. The lowest BCUT2D eigenvalue weighted by Crippen LogP contribution is -2.26. The predicted molar refractivity (Wildman–Crippen MR) is 126 cm³/mol. The van der Waals surface area contributed by atoms with Crippen LogP contribution in [-0.4, -0.2) is 27.6 Å². The fourth-order valence-electron chi connectivity index (χ4n) is 2.45. The Balaban J connectivity index is 0.000000291. The minimum absolute atomic E-state index is 0.0285. The Morgan fingerprint density at radius 3 is 1.90 bits per heavy atom. The Morgan fingerprint density at radius 2 is 1.42 bits per heavy atom. The van der Waals surface area contributed by atoms with Gasteiger partial charge in [0.15, 0.2) is 5.82 Å². The summed E-state index contributed by atoms with van der Waals surface area (Å²) in [5, 5.41) is 3.27. The number of anilines is 2. The van der Waals surface area contributed by atoms with Crippen molar-refractivity contribution in [1.29, 1.82) is 0 Å². The topological polar surface area (TPSA) is 73.3 Å². The molecule has 0 radical (unpaired) electrons. The third-order valence-electron chi connectivity index (χ3n) is 3.80. The van der Waals surface area contributed by atoms with Crippen LogP contribution in [-0.2, 0) is 9.53 Å². The van der Waals surface area contributed by atoms with E-state index in [4.69, 9.17) is 9.47 Å². The molecule has 1 heterocycles. The zero-order chi connectivity index (χ0) is 23.0. The van der Waals surface area contributed by atoms with Crippen molar-refractivity contribution in [3.8, 4) is 5.88 Å². The molecule has 0 atom stereocenters. The second-order valence-electron chi connectivity index (χ2n) is 8.71. The molecule has 0 aliphatic rings. The lowest BCUT2D eigenvalue weighted by molar-refractivity contribution is -0.158. The average Bonchev–Trinajstić information content (AvgIpc) is 2.68. The first kappa shape index (κ1) is 24.1. The van der Waals surface area contributed by atoms with Gasteiger partial charge in [-0.3, -0.25) is 4.79 Å². The van der Waals surface area contributed by atoms with Crippen molar-refractivity contribution < 1.29 is 14.3 Å². The molecule has 6 heteroatoms. The van der Waals surface area contributed by atoms with Crippen LogP contribution in [0.25, 0.3) is 11.0 Å². The number of hydrogen-bond acceptors (Lipinski definition) is 6. The summed E-state index contributed by atoms with van der Waals surface area (Å²) < 4.78 is 10.8. The second kappa shape index (κ2) is 10.8. The van der Waals surface area contributed by atoms with Gasteiger partial charge in [0.25, 0.3) is 5.88 Å². The van der Waals surface area contributed by atoms with Crippen molar-refractivity contribution in [2.24, 2.45) is 5.92 Å². The summed E-state index contributed by atoms with van der Waals surface area (Å²) in [5.74, 6) is 0.993. The van der Waals surface area contributed by atoms with Gasteiger partial charge in [-0.1, -0.05) is 44.2 Å². The van der Waals surface area contributed by atoms with Crippen molar-refractivity contribution in [3.05, 3.63) is 54.6 Å². The largest absolute Gasteiger partial charge is 0.472 e. The molecule has 0 unspecified atom stereocenters. The number of fused-ring (bicyclic) bond motifs is 1. The number of nitrogens with zero attached hydrogens (tertiary/aromatic N) is 2. The molecule has 1 aromatic heterocycles. The summed E-state index contributed by atoms with van der Waals surface area (Å²) >= 11 is 0. The number of aromatic nitrogens is 2. The van der Waals surface area contributed by atoms with E-state index in [0.29, 0.717) is 11.7 Å². The molecule has 0 saturated carbocycles. The second-order valence-corrected chi connectivity index (χ2v) is 8.71. The van der Waals surface area contributed by atoms with Crippen molar-refractivity contribution in [2.45, 2.75) is 60.2 Å². The van der Waals surface area contributed by atoms with Crippen LogP contribution in [0.2, 0.25) is 0 Å². The number of rotatable bonds is 5. The van der Waals surface area contributed by atoms with Gasteiger partial charge in [0.2, 0.25) is 0 Å². The van der Waals surface area contributed by atoms with Gasteiger partial charge in [-0.25, -0.2) is 9.97 Å². The Kier molecular flexibility index (Phi) is 8.37. The molecule has 31 heavy (non-hydrogen) atoms. The van der Waals surface area contributed by atoms with Crippen LogP contribution in [0.4, 0.5) is 11.5 Å². The SMILES string of the molecule is CC(C)C(=O)OC(C)(C)C.CC(C)Oc1nc2ccccc2nc1Nc1ccccc1. The molecule has 166 valence electrons. The highest BCUT2D eigenvalue weighted by atomic mass is 16.6. The van der Waals surface area contributed by atoms with Crippen LogP contribution in [0.3, 0.4) is 0 Å². The van der Waals surface area contributed by atoms with E-state index in [1.807, 2.05) is 103 Å². The van der Waals surface area contributed by atoms with E-state index in [-0.39, 0.29) is 23.6 Å². The molecule has 0 fully saturated rings. The van der Waals surface area contributed by atoms with Crippen LogP contribution in [0.15, 0.2) is 54.6 Å². The predicted octanol–water partition coefficient (Wildman–Crippen LogP) is 6.14. The molecular weight excluding hydrogens is 390 g/mol. The van der Waals surface area contributed by atoms with Gasteiger partial charge < -0.3 is 14.8 Å². The number of hydrogen-bond donors (Lipinski definition) is 1. The summed E-state index contributed by atoms with van der Waals surface area (Å²) in [4.78, 5) is 20.1. The number of nitrogens with one attached hydrogen (secondary N) is 1. The van der Waals surface area contributed by atoms with Gasteiger partial charge in [0.1, 0.15) is 5.60 Å². The number of ether oxygens (including phenoxy) is 2. The minimum Gasteiger partial charge on any atom is -0.472 e. The molecule has 0 saturated heterocycles. The molecule has 3 rings (SSSR count). The maximum atomic E-state index is 10.9. The fraction of sp³-hybridized carbons (Fsp3) is 0.400. The third kappa shape index (κ3) is 8.24. The summed E-state index contributed by atoms with van der Waals surface area (Å²) in [6.45, 7) is 13.2. The lowest BCUT2D eigenvalue weighted by atomic mass is 10.1. The van der Waals surface area contributed by atoms with E-state index in [1.54, 1.807) is 0 Å². The first-order valence-electron chi connectivity index (χ1n) is 10.5. The highest BCUT2D eigenvalue weighted by Gasteiger charge is 2.18. The molecule has 6 nitrogen and oxygen atoms in total. The smallest absolute Gasteiger partial charge is 0.308 e. The van der Waals surface area contributed by atoms with Crippen LogP contribution < -0.4 is 10.1 Å². The van der Waals surface area contributed by atoms with Gasteiger partial charge in [0.05, 0.1) is 23.1 Å². The number of carbonyl (C=O) groups is 1. The molecule has 0 spiro atoms. The maximum Gasteiger partial charge on any atom is 0.308 e. The van der Waals surface area contributed by atoms with E-state index < -0.39 is 0 Å². The molecule has 0 bridgehead atoms. The van der Waals surface area contributed by atoms with E-state index in [9.17, 15) is 4.79 Å². The minimum atomic E-state index is -0.346. The number of para-hydroxylation sites is 3. The highest BCUT2D eigenvalue weighted by Crippen LogP contribution is 2.27. The summed E-state index contributed by atoms with van der Waals surface area (Å²) in [7, 11) is 0. The molecule has 1 N–H and O–H groups in total. The van der Waals surface area contributed by atoms with Gasteiger partial charge in [-0.2, -0.15) is 0 Å². The van der Waals surface area contributed by atoms with Crippen molar-refractivity contribution in [3.63, 3.8) is 0 Å². The average molecular weight is 424 g/mol. The quantitative estimate of drug-likeness (QED) is 0.497. The van der Waals surface area contributed by atoms with Crippen molar-refractivity contribution in [1.82, 2.24) is 9.97 Å². The molecule has 0 amide bonds. The lowest BCUT2D eigenvalue weighted by Gasteiger charge is -2.20. The summed E-state index contributed by atoms with van der Waals surface area (Å²) in [6.07, 6.45) is 0.0387. The zero-order valence-electron chi connectivity index (χ0n) is 19.5. The van der Waals surface area contributed by atoms with Crippen LogP contribution in [0.1, 0.15) is 48.5 Å². The Labute approximate surface area is 185 Å². The number of benzene rings is 2. The maximum absolute atomic E-state index is 10.9. The standard InChI is InChI=1S/C17H17N3O.C8H16O2/c1-12(2)21-17-16(18-13-8-4-3-5-9-13)19-14-10-6-7-11-15(14)20-17;1-6(2)7(9)10-8(3,4)5/h3-12H,1-2H3,(H,18,19);6H,1-5H3. The first-order chi connectivity index (χ1) is 14.5. The van der Waals surface area contributed by atoms with Crippen LogP contribution >= 0.6 is 0 Å². The summed E-state index contributed by atoms with van der Waals surface area (Å²) in [6, 6.07) is 17.7. The molecule has 2 aromatic carbocycles. The van der Waals surface area contributed by atoms with Crippen molar-refractivity contribution >= 4 is 28.5 Å². The summed E-state index contributed by atoms with van der Waals surface area (Å²) in [5.41, 5.74) is 2.27. The third-order valence-corrected chi connectivity index (χ3v) is 3.80. The molecule has 0 aliphatic heterocycles. The normalized spacial score (nSPS) is 11.1. The van der Waals surface area contributed by atoms with Gasteiger partial charge in [-0.15, -0.1) is 0 Å². The highest BCUT2D eigenvalue weighted by molar-refractivity contribution is 5.78.